The number of sulfonamides is 1. The van der Waals surface area contributed by atoms with Gasteiger partial charge in [-0.25, -0.2) is 13.1 Å². The Morgan fingerprint density at radius 2 is 2.16 bits per heavy atom. The van der Waals surface area contributed by atoms with Gasteiger partial charge >= 0.3 is 0 Å². The fourth-order valence-electron chi connectivity index (χ4n) is 1.59. The van der Waals surface area contributed by atoms with E-state index in [1.165, 1.54) is 11.3 Å². The Morgan fingerprint density at radius 3 is 2.84 bits per heavy atom. The fraction of sp³-hybridized carbons (Fsp3) is 0.667. The Kier molecular flexibility index (Phi) is 7.55. The van der Waals surface area contributed by atoms with E-state index >= 15 is 0 Å². The molecule has 0 aliphatic heterocycles. The summed E-state index contributed by atoms with van der Waals surface area (Å²) in [6.07, 6.45) is 1.63. The Balaban J connectivity index is 2.54. The second-order valence-electron chi connectivity index (χ2n) is 4.09. The first-order chi connectivity index (χ1) is 9.11. The van der Waals surface area contributed by atoms with Crippen LogP contribution in [-0.2, 0) is 21.3 Å². The molecule has 0 bridgehead atoms. The molecule has 1 heterocycles. The summed E-state index contributed by atoms with van der Waals surface area (Å²) in [5, 5.41) is 4.96. The largest absolute Gasteiger partial charge is 0.385 e. The number of unbranched alkanes of at least 4 members (excludes halogenated alkanes) is 1. The molecule has 5 nitrogen and oxygen atoms in total. The fourth-order valence-corrected chi connectivity index (χ4v) is 4.08. The summed E-state index contributed by atoms with van der Waals surface area (Å²) < 4.78 is 31.9. The lowest BCUT2D eigenvalue weighted by Crippen LogP contribution is -2.26. The van der Waals surface area contributed by atoms with Crippen LogP contribution in [0.2, 0.25) is 0 Å². The van der Waals surface area contributed by atoms with E-state index in [4.69, 9.17) is 4.74 Å². The standard InChI is InChI=1S/C12H22N2O3S2/c1-3-13-10-11-12(6-9-18-11)19(15,16)14-7-4-5-8-17-2/h6,9,13-14H,3-5,7-8,10H2,1-2H3. The molecule has 0 saturated heterocycles. The molecule has 0 radical (unpaired) electrons. The van der Waals surface area contributed by atoms with E-state index in [1.54, 1.807) is 13.2 Å². The third-order valence-electron chi connectivity index (χ3n) is 2.60. The van der Waals surface area contributed by atoms with Crippen LogP contribution in [0.1, 0.15) is 24.6 Å². The van der Waals surface area contributed by atoms with Crippen LogP contribution in [0.3, 0.4) is 0 Å². The molecule has 0 aliphatic carbocycles. The number of thiophene rings is 1. The van der Waals surface area contributed by atoms with Crippen molar-refractivity contribution in [3.8, 4) is 0 Å². The molecule has 110 valence electrons. The van der Waals surface area contributed by atoms with Gasteiger partial charge in [-0.1, -0.05) is 6.92 Å². The van der Waals surface area contributed by atoms with Gasteiger partial charge in [-0.15, -0.1) is 11.3 Å². The number of hydrogen-bond donors (Lipinski definition) is 2. The molecule has 0 unspecified atom stereocenters. The first kappa shape index (κ1) is 16.6. The van der Waals surface area contributed by atoms with Crippen molar-refractivity contribution in [1.29, 1.82) is 0 Å². The maximum Gasteiger partial charge on any atom is 0.241 e. The van der Waals surface area contributed by atoms with Crippen LogP contribution >= 0.6 is 11.3 Å². The maximum absolute atomic E-state index is 12.1. The van der Waals surface area contributed by atoms with Crippen LogP contribution < -0.4 is 10.0 Å². The molecule has 0 fully saturated rings. The Hall–Kier alpha value is -0.470. The average Bonchev–Trinajstić information content (AvgIpc) is 2.85. The molecule has 1 aromatic rings. The lowest BCUT2D eigenvalue weighted by Gasteiger charge is -2.08. The van der Waals surface area contributed by atoms with Gasteiger partial charge in [-0.2, -0.15) is 0 Å². The quantitative estimate of drug-likeness (QED) is 0.644. The van der Waals surface area contributed by atoms with E-state index in [-0.39, 0.29) is 0 Å². The smallest absolute Gasteiger partial charge is 0.241 e. The lowest BCUT2D eigenvalue weighted by atomic mass is 10.3. The number of nitrogens with one attached hydrogen (secondary N) is 2. The summed E-state index contributed by atoms with van der Waals surface area (Å²) in [5.74, 6) is 0. The van der Waals surface area contributed by atoms with Crippen LogP contribution in [0.25, 0.3) is 0 Å². The van der Waals surface area contributed by atoms with E-state index in [2.05, 4.69) is 10.0 Å². The highest BCUT2D eigenvalue weighted by atomic mass is 32.2. The highest BCUT2D eigenvalue weighted by molar-refractivity contribution is 7.89. The molecular weight excluding hydrogens is 284 g/mol. The zero-order valence-corrected chi connectivity index (χ0v) is 13.1. The third kappa shape index (κ3) is 5.58. The second-order valence-corrected chi connectivity index (χ2v) is 6.82. The normalized spacial score (nSPS) is 11.9. The van der Waals surface area contributed by atoms with Crippen molar-refractivity contribution < 1.29 is 13.2 Å². The zero-order valence-electron chi connectivity index (χ0n) is 11.4. The van der Waals surface area contributed by atoms with Crippen molar-refractivity contribution in [2.24, 2.45) is 0 Å². The van der Waals surface area contributed by atoms with Crippen LogP contribution in [0.15, 0.2) is 16.3 Å². The third-order valence-corrected chi connectivity index (χ3v) is 5.19. The van der Waals surface area contributed by atoms with Gasteiger partial charge in [-0.05, 0) is 30.8 Å². The van der Waals surface area contributed by atoms with Crippen molar-refractivity contribution in [3.05, 3.63) is 16.3 Å². The minimum Gasteiger partial charge on any atom is -0.385 e. The molecule has 1 rings (SSSR count). The topological polar surface area (TPSA) is 67.4 Å². The molecule has 0 saturated carbocycles. The Morgan fingerprint density at radius 1 is 1.37 bits per heavy atom. The molecule has 0 spiro atoms. The summed E-state index contributed by atoms with van der Waals surface area (Å²) in [5.41, 5.74) is 0. The van der Waals surface area contributed by atoms with Crippen molar-refractivity contribution in [3.63, 3.8) is 0 Å². The minimum atomic E-state index is -3.39. The first-order valence-corrected chi connectivity index (χ1v) is 8.73. The van der Waals surface area contributed by atoms with Crippen molar-refractivity contribution >= 4 is 21.4 Å². The molecule has 0 atom stereocenters. The summed E-state index contributed by atoms with van der Waals surface area (Å²) in [6, 6.07) is 1.66. The van der Waals surface area contributed by atoms with E-state index in [0.717, 1.165) is 24.3 Å². The van der Waals surface area contributed by atoms with Gasteiger partial charge < -0.3 is 10.1 Å². The van der Waals surface area contributed by atoms with E-state index < -0.39 is 10.0 Å². The number of methoxy groups -OCH3 is 1. The summed E-state index contributed by atoms with van der Waals surface area (Å²) >= 11 is 1.46. The van der Waals surface area contributed by atoms with Crippen molar-refractivity contribution in [1.82, 2.24) is 10.0 Å². The molecule has 19 heavy (non-hydrogen) atoms. The van der Waals surface area contributed by atoms with E-state index in [9.17, 15) is 8.42 Å². The molecule has 7 heteroatoms. The monoisotopic (exact) mass is 306 g/mol. The average molecular weight is 306 g/mol. The Bertz CT molecular complexity index is 457. The molecule has 0 amide bonds. The van der Waals surface area contributed by atoms with Crippen LogP contribution in [0.5, 0.6) is 0 Å². The number of rotatable bonds is 10. The van der Waals surface area contributed by atoms with Gasteiger partial charge in [-0.3, -0.25) is 0 Å². The summed E-state index contributed by atoms with van der Waals surface area (Å²) in [6.45, 7) is 4.51. The van der Waals surface area contributed by atoms with Crippen LogP contribution in [0, 0.1) is 0 Å². The molecule has 0 aromatic carbocycles. The second kappa shape index (κ2) is 8.65. The molecule has 0 aliphatic rings. The van der Waals surface area contributed by atoms with Crippen LogP contribution in [-0.4, -0.2) is 35.2 Å². The van der Waals surface area contributed by atoms with Gasteiger partial charge in [0.25, 0.3) is 0 Å². The summed E-state index contributed by atoms with van der Waals surface area (Å²) in [7, 11) is -1.74. The summed E-state index contributed by atoms with van der Waals surface area (Å²) in [4.78, 5) is 1.25. The van der Waals surface area contributed by atoms with Crippen LogP contribution in [0.4, 0.5) is 0 Å². The van der Waals surface area contributed by atoms with Gasteiger partial charge in [0.1, 0.15) is 0 Å². The SMILES string of the molecule is CCNCc1sccc1S(=O)(=O)NCCCCOC. The first-order valence-electron chi connectivity index (χ1n) is 6.37. The Labute approximate surface area is 119 Å². The maximum atomic E-state index is 12.1. The molecule has 2 N–H and O–H groups in total. The lowest BCUT2D eigenvalue weighted by molar-refractivity contribution is 0.193. The highest BCUT2D eigenvalue weighted by Crippen LogP contribution is 2.21. The predicted molar refractivity (Wildman–Crippen MR) is 78.0 cm³/mol. The van der Waals surface area contributed by atoms with Gasteiger partial charge in [0.15, 0.2) is 0 Å². The minimum absolute atomic E-state index is 0.394. The van der Waals surface area contributed by atoms with Crippen molar-refractivity contribution in [2.75, 3.05) is 26.8 Å². The van der Waals surface area contributed by atoms with Gasteiger partial charge in [0.05, 0.1) is 4.90 Å². The highest BCUT2D eigenvalue weighted by Gasteiger charge is 2.18. The van der Waals surface area contributed by atoms with E-state index in [1.807, 2.05) is 12.3 Å². The van der Waals surface area contributed by atoms with E-state index in [0.29, 0.717) is 24.6 Å². The zero-order chi connectivity index (χ0) is 14.1. The predicted octanol–water partition coefficient (Wildman–Crippen LogP) is 1.56. The number of hydrogen-bond acceptors (Lipinski definition) is 5. The van der Waals surface area contributed by atoms with Crippen molar-refractivity contribution in [2.45, 2.75) is 31.2 Å². The molecule has 1 aromatic heterocycles. The molecular formula is C12H22N2O3S2. The number of ether oxygens (including phenoxy) is 1. The van der Waals surface area contributed by atoms with Gasteiger partial charge in [0, 0.05) is 31.7 Å². The van der Waals surface area contributed by atoms with Gasteiger partial charge in [0.2, 0.25) is 10.0 Å².